The standard InChI is InChI=1S/4C10H12N2O5S.2Cu.6H2O/c4*13-9(11-7-10(14)15)6-12-18(16,17)8-4-2-1-3-5-8;;;;;;;;/h4*1-5,12H,6-7H2,(H,11,13)(H,14,15);;;6*1H2/q;;;;2*+2;;;;;;/p-4. The summed E-state index contributed by atoms with van der Waals surface area (Å²) in [6, 6.07) is 30.0. The molecule has 34 nitrogen and oxygen atoms in total. The number of carbonyl (C=O) groups is 8. The van der Waals surface area contributed by atoms with Crippen molar-refractivity contribution >= 4 is 87.6 Å². The number of aliphatic carboxylic acids is 4. The predicted molar refractivity (Wildman–Crippen MR) is 260 cm³/mol. The van der Waals surface area contributed by atoms with Crippen LogP contribution in [-0.2, 0) is 113 Å². The number of hydrogen-bond acceptors (Lipinski definition) is 20. The summed E-state index contributed by atoms with van der Waals surface area (Å²) in [7, 11) is -15.1. The van der Waals surface area contributed by atoms with E-state index in [2.05, 4.69) is 0 Å². The number of carbonyl (C=O) groups excluding carboxylic acids is 8. The van der Waals surface area contributed by atoms with Gasteiger partial charge < -0.3 is 93.7 Å². The summed E-state index contributed by atoms with van der Waals surface area (Å²) in [6.45, 7) is -4.79. The van der Waals surface area contributed by atoms with Gasteiger partial charge in [0.1, 0.15) is 0 Å². The third kappa shape index (κ3) is 40.3. The normalized spacial score (nSPS) is 9.80. The first kappa shape index (κ1) is 89.6. The molecule has 0 saturated carbocycles. The van der Waals surface area contributed by atoms with Crippen LogP contribution >= 0.6 is 0 Å². The van der Waals surface area contributed by atoms with E-state index in [-0.39, 0.29) is 86.6 Å². The maximum Gasteiger partial charge on any atom is 2.00 e. The Morgan fingerprint density at radius 1 is 0.275 bits per heavy atom. The topological polar surface area (TPSA) is 651 Å². The van der Waals surface area contributed by atoms with Crippen molar-refractivity contribution in [1.82, 2.24) is 40.2 Å². The monoisotopic (exact) mass is 1320 g/mol. The van der Waals surface area contributed by atoms with E-state index in [1.54, 1.807) is 72.8 Å². The molecule has 0 unspecified atom stereocenters. The van der Waals surface area contributed by atoms with Gasteiger partial charge in [-0.25, -0.2) is 52.6 Å². The number of benzene rings is 4. The van der Waals surface area contributed by atoms with E-state index in [0.717, 1.165) is 0 Å². The van der Waals surface area contributed by atoms with Crippen molar-refractivity contribution in [2.24, 2.45) is 0 Å². The minimum atomic E-state index is -3.77. The van der Waals surface area contributed by atoms with E-state index in [4.69, 9.17) is 0 Å². The number of nitrogens with one attached hydrogen (secondary N) is 8. The Bertz CT molecular complexity index is 2530. The molecule has 458 valence electrons. The Kier molecular flexibility index (Phi) is 51.4. The molecule has 0 saturated heterocycles. The summed E-state index contributed by atoms with van der Waals surface area (Å²) in [6.07, 6.45) is 0. The average molecular weight is 1320 g/mol. The van der Waals surface area contributed by atoms with E-state index in [1.165, 1.54) is 48.5 Å². The summed E-state index contributed by atoms with van der Waals surface area (Å²) in [5, 5.41) is 48.2. The molecule has 4 amide bonds. The van der Waals surface area contributed by atoms with Gasteiger partial charge in [0, 0.05) is 0 Å². The largest absolute Gasteiger partial charge is 2.00 e. The zero-order valence-corrected chi connectivity index (χ0v) is 45.8. The Hall–Kier alpha value is -6.92. The molecular weight excluding hydrogens is 1260 g/mol. The zero-order chi connectivity index (χ0) is 54.4. The van der Waals surface area contributed by atoms with E-state index in [9.17, 15) is 92.5 Å². The maximum absolute atomic E-state index is 11.7. The molecule has 0 aliphatic carbocycles. The predicted octanol–water partition coefficient (Wildman–Crippen LogP) is -13.6. The smallest absolute Gasteiger partial charge is 0.548 e. The summed E-state index contributed by atoms with van der Waals surface area (Å²) in [5.74, 6) is -8.80. The van der Waals surface area contributed by atoms with Crippen LogP contribution in [0, 0.1) is 0 Å². The Balaban J connectivity index is -0.000000139. The molecule has 4 aromatic carbocycles. The number of amides is 4. The second-order valence-corrected chi connectivity index (χ2v) is 20.2. The first-order chi connectivity index (χ1) is 33.7. The first-order valence-corrected chi connectivity index (χ1v) is 25.6. The van der Waals surface area contributed by atoms with Crippen LogP contribution < -0.4 is 60.6 Å². The number of rotatable bonds is 24. The van der Waals surface area contributed by atoms with Gasteiger partial charge in [0.25, 0.3) is 0 Å². The fourth-order valence-electron chi connectivity index (χ4n) is 4.31. The molecule has 0 bridgehead atoms. The van der Waals surface area contributed by atoms with Gasteiger partial charge in [-0.3, -0.25) is 19.2 Å². The number of sulfonamides is 4. The van der Waals surface area contributed by atoms with Crippen LogP contribution in [0.15, 0.2) is 141 Å². The molecule has 0 heterocycles. The van der Waals surface area contributed by atoms with Gasteiger partial charge in [0.05, 0.1) is 95.8 Å². The van der Waals surface area contributed by atoms with E-state index in [0.29, 0.717) is 0 Å². The van der Waals surface area contributed by atoms with Crippen molar-refractivity contribution in [3.05, 3.63) is 121 Å². The average Bonchev–Trinajstić information content (AvgIpc) is 3.35. The Labute approximate surface area is 477 Å². The van der Waals surface area contributed by atoms with Crippen LogP contribution in [0.4, 0.5) is 0 Å². The molecule has 0 aliphatic heterocycles. The third-order valence-corrected chi connectivity index (χ3v) is 13.3. The molecule has 2 radical (unpaired) electrons. The third-order valence-electron chi connectivity index (χ3n) is 7.62. The first-order valence-electron chi connectivity index (χ1n) is 19.7. The number of hydrogen-bond donors (Lipinski definition) is 8. The van der Waals surface area contributed by atoms with Crippen LogP contribution in [0.2, 0.25) is 0 Å². The van der Waals surface area contributed by atoms with Crippen molar-refractivity contribution in [2.75, 3.05) is 52.4 Å². The van der Waals surface area contributed by atoms with Crippen LogP contribution in [-0.4, -0.2) is 166 Å². The fraction of sp³-hybridized carbons (Fsp3) is 0.200. The molecule has 0 fully saturated rings. The van der Waals surface area contributed by atoms with Gasteiger partial charge in [-0.2, -0.15) is 0 Å². The Morgan fingerprint density at radius 3 is 0.537 bits per heavy atom. The van der Waals surface area contributed by atoms with Gasteiger partial charge in [0.15, 0.2) is 0 Å². The summed E-state index contributed by atoms with van der Waals surface area (Å²) < 4.78 is 101. The SMILES string of the molecule is O.O.O.O.O.O.O=C([O-])CNC(=O)CNS(=O)(=O)c1ccccc1.O=C([O-])CNC(=O)CNS(=O)(=O)c1ccccc1.O=C([O-])CNC(=O)CNS(=O)(=O)c1ccccc1.O=C([O-])CNC(=O)CNS(=O)(=O)c1ccccc1.[Cu+2].[Cu+2]. The summed E-state index contributed by atoms with van der Waals surface area (Å²) in [4.78, 5) is 84.7. The van der Waals surface area contributed by atoms with E-state index in [1.807, 2.05) is 40.2 Å². The van der Waals surface area contributed by atoms with Crippen LogP contribution in [0.3, 0.4) is 0 Å². The molecule has 0 aromatic heterocycles. The van der Waals surface area contributed by atoms with Crippen molar-refractivity contribution in [2.45, 2.75) is 19.6 Å². The molecule has 20 N–H and O–H groups in total. The van der Waals surface area contributed by atoms with Gasteiger partial charge in [-0.1, -0.05) is 72.8 Å². The van der Waals surface area contributed by atoms with Gasteiger partial charge in [-0.15, -0.1) is 0 Å². The van der Waals surface area contributed by atoms with Crippen LogP contribution in [0.25, 0.3) is 0 Å². The van der Waals surface area contributed by atoms with E-state index < -0.39 is 140 Å². The minimum Gasteiger partial charge on any atom is -0.548 e. The Morgan fingerprint density at radius 2 is 0.412 bits per heavy atom. The quantitative estimate of drug-likeness (QED) is 0.0302. The number of carboxylic acid groups (broad SMARTS) is 4. The molecule has 4 rings (SSSR count). The van der Waals surface area contributed by atoms with Crippen LogP contribution in [0.5, 0.6) is 0 Å². The molecule has 0 aliphatic rings. The molecule has 80 heavy (non-hydrogen) atoms. The van der Waals surface area contributed by atoms with Crippen LogP contribution in [0.1, 0.15) is 0 Å². The maximum atomic E-state index is 11.7. The number of carboxylic acids is 4. The fourth-order valence-corrected chi connectivity index (χ4v) is 8.32. The minimum absolute atomic E-state index is 0. The molecule has 0 spiro atoms. The van der Waals surface area contributed by atoms with Crippen molar-refractivity contribution < 1.29 is 159 Å². The molecular formula is C40H56Cu2N8O26S4. The van der Waals surface area contributed by atoms with Crippen molar-refractivity contribution in [3.63, 3.8) is 0 Å². The molecule has 40 heteroatoms. The van der Waals surface area contributed by atoms with Crippen molar-refractivity contribution in [1.29, 1.82) is 0 Å². The van der Waals surface area contributed by atoms with E-state index >= 15 is 0 Å². The molecule has 0 atom stereocenters. The summed E-state index contributed by atoms with van der Waals surface area (Å²) >= 11 is 0. The molecule has 4 aromatic rings. The van der Waals surface area contributed by atoms with Gasteiger partial charge in [-0.05, 0) is 48.5 Å². The second-order valence-electron chi connectivity index (χ2n) is 13.1. The van der Waals surface area contributed by atoms with Gasteiger partial charge in [0.2, 0.25) is 63.7 Å². The van der Waals surface area contributed by atoms with Crippen molar-refractivity contribution in [3.8, 4) is 0 Å². The zero-order valence-electron chi connectivity index (χ0n) is 40.6. The van der Waals surface area contributed by atoms with Gasteiger partial charge >= 0.3 is 34.1 Å². The summed E-state index contributed by atoms with van der Waals surface area (Å²) in [5.41, 5.74) is 0. The second kappa shape index (κ2) is 45.9.